The molecule has 2 fully saturated rings. The predicted octanol–water partition coefficient (Wildman–Crippen LogP) is 3.60. The number of isocyanates is 1. The molecule has 5 heteroatoms. The SMILES string of the molecule is COc1cc(C2(N=C=O)CCC2)cc(Cl)c1OC1CC1. The monoisotopic (exact) mass is 293 g/mol. The normalized spacial score (nSPS) is 19.7. The van der Waals surface area contributed by atoms with Crippen LogP contribution in [-0.2, 0) is 10.3 Å². The van der Waals surface area contributed by atoms with Gasteiger partial charge in [-0.25, -0.2) is 4.79 Å². The zero-order valence-corrected chi connectivity index (χ0v) is 12.1. The predicted molar refractivity (Wildman–Crippen MR) is 75.3 cm³/mol. The zero-order chi connectivity index (χ0) is 14.2. The quantitative estimate of drug-likeness (QED) is 0.615. The van der Waals surface area contributed by atoms with Gasteiger partial charge in [0.15, 0.2) is 11.5 Å². The molecular weight excluding hydrogens is 278 g/mol. The molecule has 1 aromatic carbocycles. The number of rotatable bonds is 5. The van der Waals surface area contributed by atoms with Gasteiger partial charge in [0.05, 0.1) is 23.8 Å². The number of aliphatic imine (C=N–C) groups is 1. The van der Waals surface area contributed by atoms with E-state index in [1.807, 2.05) is 12.1 Å². The number of hydrogen-bond donors (Lipinski definition) is 0. The Bertz CT molecular complexity index is 573. The average molecular weight is 294 g/mol. The van der Waals surface area contributed by atoms with Crippen LogP contribution in [0.3, 0.4) is 0 Å². The van der Waals surface area contributed by atoms with Crippen molar-refractivity contribution in [3.63, 3.8) is 0 Å². The first-order chi connectivity index (χ1) is 9.68. The fourth-order valence-corrected chi connectivity index (χ4v) is 2.77. The number of nitrogens with zero attached hydrogens (tertiary/aromatic N) is 1. The van der Waals surface area contributed by atoms with Crippen LogP contribution in [-0.4, -0.2) is 19.3 Å². The first-order valence-corrected chi connectivity index (χ1v) is 7.20. The molecular formula is C15H16ClNO3. The van der Waals surface area contributed by atoms with Gasteiger partial charge in [-0.3, -0.25) is 0 Å². The molecule has 0 radical (unpaired) electrons. The van der Waals surface area contributed by atoms with E-state index in [2.05, 4.69) is 4.99 Å². The Morgan fingerprint density at radius 2 is 2.15 bits per heavy atom. The summed E-state index contributed by atoms with van der Waals surface area (Å²) in [4.78, 5) is 14.7. The van der Waals surface area contributed by atoms with Gasteiger partial charge in [0.25, 0.3) is 0 Å². The molecule has 0 saturated heterocycles. The van der Waals surface area contributed by atoms with Crippen molar-refractivity contribution >= 4 is 17.7 Å². The van der Waals surface area contributed by atoms with Crippen LogP contribution < -0.4 is 9.47 Å². The third-order valence-electron chi connectivity index (χ3n) is 4.02. The number of ether oxygens (including phenoxy) is 2. The Hall–Kier alpha value is -1.51. The molecule has 0 bridgehead atoms. The van der Waals surface area contributed by atoms with Crippen molar-refractivity contribution in [1.29, 1.82) is 0 Å². The first kappa shape index (κ1) is 13.5. The molecule has 0 unspecified atom stereocenters. The molecule has 3 rings (SSSR count). The maximum atomic E-state index is 10.7. The summed E-state index contributed by atoms with van der Waals surface area (Å²) in [6, 6.07) is 3.71. The summed E-state index contributed by atoms with van der Waals surface area (Å²) in [6.45, 7) is 0. The molecule has 0 atom stereocenters. The van der Waals surface area contributed by atoms with E-state index in [0.29, 0.717) is 16.5 Å². The highest BCUT2D eigenvalue weighted by molar-refractivity contribution is 6.32. The van der Waals surface area contributed by atoms with Crippen molar-refractivity contribution in [1.82, 2.24) is 0 Å². The van der Waals surface area contributed by atoms with Gasteiger partial charge in [0, 0.05) is 0 Å². The maximum absolute atomic E-state index is 10.7. The molecule has 0 N–H and O–H groups in total. The minimum atomic E-state index is -0.475. The fourth-order valence-electron chi connectivity index (χ4n) is 2.52. The van der Waals surface area contributed by atoms with Crippen molar-refractivity contribution in [2.24, 2.45) is 4.99 Å². The lowest BCUT2D eigenvalue weighted by Gasteiger charge is -2.37. The first-order valence-electron chi connectivity index (χ1n) is 6.82. The third kappa shape index (κ3) is 2.30. The van der Waals surface area contributed by atoms with Crippen LogP contribution in [0, 0.1) is 0 Å². The number of carbonyl (C=O) groups excluding carboxylic acids is 1. The van der Waals surface area contributed by atoms with Crippen LogP contribution in [0.15, 0.2) is 17.1 Å². The lowest BCUT2D eigenvalue weighted by Crippen LogP contribution is -2.31. The van der Waals surface area contributed by atoms with E-state index in [0.717, 1.165) is 37.7 Å². The highest BCUT2D eigenvalue weighted by Gasteiger charge is 2.40. The zero-order valence-electron chi connectivity index (χ0n) is 11.3. The van der Waals surface area contributed by atoms with Gasteiger partial charge in [0.1, 0.15) is 0 Å². The fraction of sp³-hybridized carbons (Fsp3) is 0.533. The highest BCUT2D eigenvalue weighted by Crippen LogP contribution is 2.49. The van der Waals surface area contributed by atoms with Gasteiger partial charge in [-0.1, -0.05) is 11.6 Å². The molecule has 0 aliphatic heterocycles. The van der Waals surface area contributed by atoms with E-state index in [1.54, 1.807) is 13.2 Å². The summed E-state index contributed by atoms with van der Waals surface area (Å²) in [5.41, 5.74) is 0.425. The van der Waals surface area contributed by atoms with Crippen molar-refractivity contribution in [3.05, 3.63) is 22.7 Å². The summed E-state index contributed by atoms with van der Waals surface area (Å²) >= 11 is 6.33. The number of benzene rings is 1. The Labute approximate surface area is 122 Å². The van der Waals surface area contributed by atoms with E-state index in [1.165, 1.54) is 0 Å². The second-order valence-electron chi connectivity index (χ2n) is 5.39. The molecule has 2 saturated carbocycles. The van der Waals surface area contributed by atoms with Crippen molar-refractivity contribution < 1.29 is 14.3 Å². The molecule has 0 heterocycles. The van der Waals surface area contributed by atoms with Crippen LogP contribution in [0.5, 0.6) is 11.5 Å². The van der Waals surface area contributed by atoms with Gasteiger partial charge in [0.2, 0.25) is 6.08 Å². The van der Waals surface area contributed by atoms with Gasteiger partial charge in [-0.05, 0) is 49.8 Å². The molecule has 1 aromatic rings. The summed E-state index contributed by atoms with van der Waals surface area (Å²) < 4.78 is 11.2. The van der Waals surface area contributed by atoms with Crippen LogP contribution in [0.25, 0.3) is 0 Å². The van der Waals surface area contributed by atoms with Crippen molar-refractivity contribution in [2.45, 2.75) is 43.7 Å². The highest BCUT2D eigenvalue weighted by atomic mass is 35.5. The second kappa shape index (κ2) is 5.12. The van der Waals surface area contributed by atoms with Crippen LogP contribution in [0.2, 0.25) is 5.02 Å². The number of halogens is 1. The smallest absolute Gasteiger partial charge is 0.235 e. The average Bonchev–Trinajstić information content (AvgIpc) is 3.20. The van der Waals surface area contributed by atoms with E-state index >= 15 is 0 Å². The Morgan fingerprint density at radius 3 is 2.65 bits per heavy atom. The van der Waals surface area contributed by atoms with Crippen LogP contribution in [0.4, 0.5) is 0 Å². The maximum Gasteiger partial charge on any atom is 0.235 e. The van der Waals surface area contributed by atoms with Crippen molar-refractivity contribution in [2.75, 3.05) is 7.11 Å². The van der Waals surface area contributed by atoms with E-state index < -0.39 is 5.54 Å². The molecule has 20 heavy (non-hydrogen) atoms. The van der Waals surface area contributed by atoms with E-state index in [-0.39, 0.29) is 6.10 Å². The minimum absolute atomic E-state index is 0.248. The Kier molecular flexibility index (Phi) is 3.45. The van der Waals surface area contributed by atoms with Crippen LogP contribution in [0.1, 0.15) is 37.7 Å². The lowest BCUT2D eigenvalue weighted by molar-refractivity contribution is 0.252. The van der Waals surface area contributed by atoms with Gasteiger partial charge in [-0.15, -0.1) is 0 Å². The summed E-state index contributed by atoms with van der Waals surface area (Å²) in [5.74, 6) is 1.19. The molecule has 106 valence electrons. The molecule has 0 amide bonds. The lowest BCUT2D eigenvalue weighted by atomic mass is 9.72. The number of hydrogen-bond acceptors (Lipinski definition) is 4. The van der Waals surface area contributed by atoms with E-state index in [9.17, 15) is 4.79 Å². The molecule has 4 nitrogen and oxygen atoms in total. The van der Waals surface area contributed by atoms with Gasteiger partial charge >= 0.3 is 0 Å². The Morgan fingerprint density at radius 1 is 1.40 bits per heavy atom. The topological polar surface area (TPSA) is 47.9 Å². The molecule has 0 spiro atoms. The molecule has 2 aliphatic carbocycles. The minimum Gasteiger partial charge on any atom is -0.493 e. The molecule has 0 aromatic heterocycles. The van der Waals surface area contributed by atoms with Gasteiger partial charge in [-0.2, -0.15) is 4.99 Å². The summed E-state index contributed by atoms with van der Waals surface area (Å²) in [7, 11) is 1.59. The Balaban J connectivity index is 2.00. The van der Waals surface area contributed by atoms with Gasteiger partial charge < -0.3 is 9.47 Å². The van der Waals surface area contributed by atoms with Crippen molar-refractivity contribution in [3.8, 4) is 11.5 Å². The largest absolute Gasteiger partial charge is 0.493 e. The standard InChI is InChI=1S/C15H16ClNO3/c1-19-13-8-10(15(17-9-18)5-2-6-15)7-12(16)14(13)20-11-3-4-11/h7-8,11H,2-6H2,1H3. The number of methoxy groups -OCH3 is 1. The summed E-state index contributed by atoms with van der Waals surface area (Å²) in [6.07, 6.45) is 6.77. The van der Waals surface area contributed by atoms with Crippen LogP contribution >= 0.6 is 11.6 Å². The van der Waals surface area contributed by atoms with E-state index in [4.69, 9.17) is 21.1 Å². The molecule has 2 aliphatic rings. The summed E-state index contributed by atoms with van der Waals surface area (Å²) in [5, 5.41) is 0.513. The second-order valence-corrected chi connectivity index (χ2v) is 5.80. The third-order valence-corrected chi connectivity index (χ3v) is 4.30.